The number of fused-ring (bicyclic) bond motifs is 1. The van der Waals surface area contributed by atoms with Gasteiger partial charge in [-0.1, -0.05) is 32.9 Å². The van der Waals surface area contributed by atoms with E-state index in [0.29, 0.717) is 5.56 Å². The maximum absolute atomic E-state index is 14.8. The lowest BCUT2D eigenvalue weighted by molar-refractivity contribution is -0.140. The summed E-state index contributed by atoms with van der Waals surface area (Å²) in [5, 5.41) is 4.36. The summed E-state index contributed by atoms with van der Waals surface area (Å²) in [6.07, 6.45) is 3.53. The number of carbonyl (C=O) groups is 1. The molecule has 174 valence electrons. The molecule has 5 nitrogen and oxygen atoms in total. The Morgan fingerprint density at radius 3 is 2.33 bits per heavy atom. The average Bonchev–Trinajstić information content (AvgIpc) is 3.56. The number of nitrogens with zero attached hydrogens (tertiary/aromatic N) is 3. The Balaban J connectivity index is 1.70. The van der Waals surface area contributed by atoms with Crippen LogP contribution in [0.2, 0.25) is 0 Å². The van der Waals surface area contributed by atoms with Crippen molar-refractivity contribution in [2.45, 2.75) is 72.5 Å². The Bertz CT molecular complexity index is 1190. The molecule has 0 aliphatic heterocycles. The largest absolute Gasteiger partial charge is 0.365 e. The number of amides is 1. The number of benzene rings is 2. The van der Waals surface area contributed by atoms with Crippen LogP contribution in [0.25, 0.3) is 22.0 Å². The Kier molecular flexibility index (Phi) is 5.89. The second kappa shape index (κ2) is 8.40. The Morgan fingerprint density at radius 1 is 1.03 bits per heavy atom. The number of anilines is 1. The van der Waals surface area contributed by atoms with Gasteiger partial charge in [0.2, 0.25) is 5.91 Å². The molecule has 0 radical (unpaired) electrons. The summed E-state index contributed by atoms with van der Waals surface area (Å²) in [4.78, 5) is 23.7. The SMILES string of the molecule is CC(C)(C)Nc1ncnc2ccc(-c3ccc(F)c(CN(C(=O)C(C)(C)C)C4CC4)c3)cc12. The number of nitrogens with one attached hydrogen (secondary N) is 1. The third kappa shape index (κ3) is 5.32. The molecule has 1 N–H and O–H groups in total. The molecule has 1 heterocycles. The molecule has 1 amide bonds. The van der Waals surface area contributed by atoms with E-state index in [1.54, 1.807) is 12.4 Å². The molecule has 2 aromatic carbocycles. The Hall–Kier alpha value is -3.02. The van der Waals surface area contributed by atoms with Gasteiger partial charge < -0.3 is 10.2 Å². The van der Waals surface area contributed by atoms with Gasteiger partial charge >= 0.3 is 0 Å². The van der Waals surface area contributed by atoms with E-state index in [0.717, 1.165) is 40.7 Å². The van der Waals surface area contributed by atoms with Gasteiger partial charge in [-0.2, -0.15) is 0 Å². The highest BCUT2D eigenvalue weighted by Crippen LogP contribution is 2.34. The second-order valence-corrected chi connectivity index (χ2v) is 11.0. The molecule has 1 aliphatic rings. The number of carbonyl (C=O) groups excluding carboxylic acids is 1. The minimum atomic E-state index is -0.495. The third-order valence-electron chi connectivity index (χ3n) is 5.74. The van der Waals surface area contributed by atoms with E-state index in [4.69, 9.17) is 0 Å². The number of halogens is 1. The summed E-state index contributed by atoms with van der Waals surface area (Å²) in [6.45, 7) is 12.3. The number of aromatic nitrogens is 2. The minimum absolute atomic E-state index is 0.0653. The molecule has 4 rings (SSSR count). The average molecular weight is 449 g/mol. The van der Waals surface area contributed by atoms with Gasteiger partial charge in [0.05, 0.1) is 5.52 Å². The highest BCUT2D eigenvalue weighted by molar-refractivity contribution is 5.92. The van der Waals surface area contributed by atoms with Crippen molar-refractivity contribution < 1.29 is 9.18 Å². The van der Waals surface area contributed by atoms with Gasteiger partial charge in [-0.3, -0.25) is 4.79 Å². The van der Waals surface area contributed by atoms with Crippen molar-refractivity contribution in [3.63, 3.8) is 0 Å². The predicted molar refractivity (Wildman–Crippen MR) is 131 cm³/mol. The first-order valence-corrected chi connectivity index (χ1v) is 11.6. The first kappa shape index (κ1) is 23.1. The van der Waals surface area contributed by atoms with Crippen LogP contribution in [0.1, 0.15) is 59.9 Å². The van der Waals surface area contributed by atoms with E-state index < -0.39 is 5.41 Å². The van der Waals surface area contributed by atoms with Crippen molar-refractivity contribution in [3.05, 3.63) is 54.1 Å². The van der Waals surface area contributed by atoms with E-state index in [1.807, 2.05) is 49.9 Å². The second-order valence-electron chi connectivity index (χ2n) is 11.0. The van der Waals surface area contributed by atoms with Crippen LogP contribution in [-0.4, -0.2) is 32.4 Å². The van der Waals surface area contributed by atoms with E-state index >= 15 is 0 Å². The lowest BCUT2D eigenvalue weighted by atomic mass is 9.94. The molecule has 3 aromatic rings. The minimum Gasteiger partial charge on any atom is -0.365 e. The van der Waals surface area contributed by atoms with Gasteiger partial charge in [-0.25, -0.2) is 14.4 Å². The molecule has 1 aliphatic carbocycles. The molecular weight excluding hydrogens is 415 g/mol. The summed E-state index contributed by atoms with van der Waals surface area (Å²) in [6, 6.07) is 11.4. The molecule has 0 unspecified atom stereocenters. The summed E-state index contributed by atoms with van der Waals surface area (Å²) in [7, 11) is 0. The topological polar surface area (TPSA) is 58.1 Å². The van der Waals surface area contributed by atoms with E-state index in [9.17, 15) is 9.18 Å². The maximum Gasteiger partial charge on any atom is 0.228 e. The Labute approximate surface area is 195 Å². The van der Waals surface area contributed by atoms with Crippen LogP contribution in [0.5, 0.6) is 0 Å². The summed E-state index contributed by atoms with van der Waals surface area (Å²) >= 11 is 0. The summed E-state index contributed by atoms with van der Waals surface area (Å²) in [5.74, 6) is 0.549. The highest BCUT2D eigenvalue weighted by atomic mass is 19.1. The predicted octanol–water partition coefficient (Wildman–Crippen LogP) is 6.18. The van der Waals surface area contributed by atoms with Gasteiger partial charge in [0, 0.05) is 34.5 Å². The van der Waals surface area contributed by atoms with Gasteiger partial charge in [0.25, 0.3) is 0 Å². The molecule has 1 saturated carbocycles. The molecule has 1 aromatic heterocycles. The maximum atomic E-state index is 14.8. The van der Waals surface area contributed by atoms with Crippen LogP contribution < -0.4 is 5.32 Å². The van der Waals surface area contributed by atoms with E-state index in [1.165, 1.54) is 6.07 Å². The zero-order chi connectivity index (χ0) is 24.0. The number of hydrogen-bond acceptors (Lipinski definition) is 4. The monoisotopic (exact) mass is 448 g/mol. The van der Waals surface area contributed by atoms with Crippen molar-refractivity contribution in [3.8, 4) is 11.1 Å². The lowest BCUT2D eigenvalue weighted by Gasteiger charge is -2.30. The van der Waals surface area contributed by atoms with Crippen molar-refractivity contribution in [2.24, 2.45) is 5.41 Å². The van der Waals surface area contributed by atoms with Crippen molar-refractivity contribution >= 4 is 22.6 Å². The standard InChI is InChI=1S/C27H33FN4O/c1-26(2,3)25(33)32(20-9-10-20)15-19-13-17(7-11-22(19)28)18-8-12-23-21(14-18)24(30-16-29-23)31-27(4,5)6/h7-8,11-14,16,20H,9-10,15H2,1-6H3,(H,29,30,31). The molecule has 0 atom stereocenters. The fourth-order valence-electron chi connectivity index (χ4n) is 3.93. The van der Waals surface area contributed by atoms with Crippen molar-refractivity contribution in [1.29, 1.82) is 0 Å². The quantitative estimate of drug-likeness (QED) is 0.506. The van der Waals surface area contributed by atoms with Crippen LogP contribution in [-0.2, 0) is 11.3 Å². The zero-order valence-corrected chi connectivity index (χ0v) is 20.4. The Morgan fingerprint density at radius 2 is 1.70 bits per heavy atom. The van der Waals surface area contributed by atoms with Crippen molar-refractivity contribution in [2.75, 3.05) is 5.32 Å². The molecule has 0 bridgehead atoms. The first-order chi connectivity index (χ1) is 15.4. The molecule has 0 spiro atoms. The lowest BCUT2D eigenvalue weighted by Crippen LogP contribution is -2.40. The van der Waals surface area contributed by atoms with Crippen molar-refractivity contribution in [1.82, 2.24) is 14.9 Å². The van der Waals surface area contributed by atoms with Crippen LogP contribution in [0.4, 0.5) is 10.2 Å². The van der Waals surface area contributed by atoms with E-state index in [2.05, 4.69) is 36.1 Å². The molecule has 0 saturated heterocycles. The fourth-order valence-corrected chi connectivity index (χ4v) is 3.93. The van der Waals surface area contributed by atoms with Crippen LogP contribution in [0.3, 0.4) is 0 Å². The third-order valence-corrected chi connectivity index (χ3v) is 5.74. The van der Waals surface area contributed by atoms with Gasteiger partial charge in [0.15, 0.2) is 0 Å². The molecule has 33 heavy (non-hydrogen) atoms. The summed E-state index contributed by atoms with van der Waals surface area (Å²) < 4.78 is 14.8. The molecule has 6 heteroatoms. The molecular formula is C27H33FN4O. The fraction of sp³-hybridized carbons (Fsp3) is 0.444. The van der Waals surface area contributed by atoms with Gasteiger partial charge in [-0.15, -0.1) is 0 Å². The van der Waals surface area contributed by atoms with Crippen LogP contribution in [0.15, 0.2) is 42.7 Å². The zero-order valence-electron chi connectivity index (χ0n) is 20.4. The first-order valence-electron chi connectivity index (χ1n) is 11.6. The van der Waals surface area contributed by atoms with Crippen LogP contribution in [0, 0.1) is 11.2 Å². The smallest absolute Gasteiger partial charge is 0.228 e. The van der Waals surface area contributed by atoms with Gasteiger partial charge in [-0.05, 0) is 69.0 Å². The summed E-state index contributed by atoms with van der Waals surface area (Å²) in [5.41, 5.74) is 2.60. The normalized spacial score (nSPS) is 14.4. The van der Waals surface area contributed by atoms with Gasteiger partial charge in [0.1, 0.15) is 18.0 Å². The highest BCUT2D eigenvalue weighted by Gasteiger charge is 2.37. The van der Waals surface area contributed by atoms with E-state index in [-0.39, 0.29) is 29.8 Å². The molecule has 1 fully saturated rings. The number of rotatable bonds is 5. The van der Waals surface area contributed by atoms with Crippen LogP contribution >= 0.6 is 0 Å². The number of hydrogen-bond donors (Lipinski definition) is 1.